The molecule has 204 valence electrons. The fourth-order valence-corrected chi connectivity index (χ4v) is 3.83. The van der Waals surface area contributed by atoms with Crippen LogP contribution in [0.2, 0.25) is 0 Å². The van der Waals surface area contributed by atoms with E-state index in [0.717, 1.165) is 21.6 Å². The van der Waals surface area contributed by atoms with Gasteiger partial charge in [0.1, 0.15) is 11.1 Å². The predicted molar refractivity (Wildman–Crippen MR) is 135 cm³/mol. The van der Waals surface area contributed by atoms with Gasteiger partial charge in [0.2, 0.25) is 5.88 Å². The van der Waals surface area contributed by atoms with Crippen LogP contribution in [0.15, 0.2) is 45.5 Å². The topological polar surface area (TPSA) is 152 Å². The Balaban J connectivity index is 1.91. The zero-order chi connectivity index (χ0) is 27.9. The molecule has 1 aliphatic carbocycles. The zero-order valence-corrected chi connectivity index (χ0v) is 21.4. The molecule has 2 aliphatic rings. The Hall–Kier alpha value is -4.19. The largest absolute Gasteiger partial charge is 0.494 e. The first-order chi connectivity index (χ1) is 18.1. The Labute approximate surface area is 218 Å². The number of hydrogen-bond acceptors (Lipinski definition) is 10. The van der Waals surface area contributed by atoms with Crippen LogP contribution in [0.1, 0.15) is 45.1 Å². The van der Waals surface area contributed by atoms with E-state index in [9.17, 15) is 29.1 Å². The Morgan fingerprint density at radius 3 is 2.50 bits per heavy atom. The highest BCUT2D eigenvalue weighted by atomic mass is 16.7. The summed E-state index contributed by atoms with van der Waals surface area (Å²) in [5.74, 6) is -4.74. The maximum Gasteiger partial charge on any atom is 0.348 e. The molecule has 0 radical (unpaired) electrons. The number of hydrogen-bond donors (Lipinski definition) is 1. The van der Waals surface area contributed by atoms with Crippen molar-refractivity contribution in [3.63, 3.8) is 0 Å². The number of methoxy groups -OCH3 is 1. The van der Waals surface area contributed by atoms with Crippen LogP contribution in [0, 0.1) is 0 Å². The van der Waals surface area contributed by atoms with Crippen LogP contribution in [-0.4, -0.2) is 58.3 Å². The standard InChI is InChI=1S/C26H30N2O10/c1-4-36-20(29)13-14-26(2)37-23(32)19(24(33)38-26)12-8-11-18-21(30)27(15-16-35-3)25(34)28(22(18)31)17-9-6-5-7-10-17/h6,8-12,30H,4-5,7,13-16H2,1-3H3. The minimum Gasteiger partial charge on any atom is -0.494 e. The van der Waals surface area contributed by atoms with Crippen LogP contribution in [0.4, 0.5) is 0 Å². The average Bonchev–Trinajstić information content (AvgIpc) is 2.87. The van der Waals surface area contributed by atoms with Crippen molar-refractivity contribution < 1.29 is 38.4 Å². The van der Waals surface area contributed by atoms with E-state index < -0.39 is 46.4 Å². The summed E-state index contributed by atoms with van der Waals surface area (Å²) in [4.78, 5) is 62.8. The summed E-state index contributed by atoms with van der Waals surface area (Å²) in [6.45, 7) is 3.27. The molecule has 12 heteroatoms. The molecule has 0 unspecified atom stereocenters. The Morgan fingerprint density at radius 2 is 1.89 bits per heavy atom. The Kier molecular flexibility index (Phi) is 9.24. The van der Waals surface area contributed by atoms with E-state index in [4.69, 9.17) is 18.9 Å². The summed E-state index contributed by atoms with van der Waals surface area (Å²) >= 11 is 0. The molecule has 1 aromatic rings. The first-order valence-electron chi connectivity index (χ1n) is 12.1. The number of carbonyl (C=O) groups excluding carboxylic acids is 3. The number of cyclic esters (lactones) is 2. The van der Waals surface area contributed by atoms with Gasteiger partial charge in [-0.1, -0.05) is 18.2 Å². The summed E-state index contributed by atoms with van der Waals surface area (Å²) in [6, 6.07) is 0. The predicted octanol–water partition coefficient (Wildman–Crippen LogP) is 1.65. The van der Waals surface area contributed by atoms with Crippen LogP contribution in [0.25, 0.3) is 11.8 Å². The molecule has 1 aromatic heterocycles. The van der Waals surface area contributed by atoms with Gasteiger partial charge in [0.15, 0.2) is 0 Å². The molecule has 12 nitrogen and oxygen atoms in total. The van der Waals surface area contributed by atoms with Crippen LogP contribution < -0.4 is 11.2 Å². The third-order valence-corrected chi connectivity index (χ3v) is 5.78. The van der Waals surface area contributed by atoms with E-state index in [-0.39, 0.29) is 38.2 Å². The lowest BCUT2D eigenvalue weighted by Crippen LogP contribution is -2.44. The third kappa shape index (κ3) is 6.38. The van der Waals surface area contributed by atoms with Gasteiger partial charge in [-0.3, -0.25) is 14.2 Å². The number of ether oxygens (including phenoxy) is 4. The normalized spacial score (nSPS) is 19.2. The van der Waals surface area contributed by atoms with Crippen molar-refractivity contribution in [2.75, 3.05) is 20.3 Å². The zero-order valence-electron chi connectivity index (χ0n) is 21.4. The first-order valence-corrected chi connectivity index (χ1v) is 12.1. The van der Waals surface area contributed by atoms with Gasteiger partial charge in [0.25, 0.3) is 11.3 Å². The van der Waals surface area contributed by atoms with Crippen molar-refractivity contribution in [1.82, 2.24) is 9.13 Å². The number of aromatic hydroxyl groups is 1. The highest BCUT2D eigenvalue weighted by molar-refractivity contribution is 6.15. The van der Waals surface area contributed by atoms with Crippen LogP contribution >= 0.6 is 0 Å². The summed E-state index contributed by atoms with van der Waals surface area (Å²) in [5, 5.41) is 10.7. The van der Waals surface area contributed by atoms with E-state index in [1.54, 1.807) is 19.1 Å². The number of aromatic nitrogens is 2. The fourth-order valence-electron chi connectivity index (χ4n) is 3.83. The van der Waals surface area contributed by atoms with Gasteiger partial charge in [0.05, 0.1) is 26.2 Å². The molecular weight excluding hydrogens is 500 g/mol. The average molecular weight is 531 g/mol. The summed E-state index contributed by atoms with van der Waals surface area (Å²) in [5.41, 5.74) is -1.85. The van der Waals surface area contributed by atoms with E-state index >= 15 is 0 Å². The molecule has 0 aromatic carbocycles. The van der Waals surface area contributed by atoms with Crippen molar-refractivity contribution in [3.05, 3.63) is 62.4 Å². The molecule has 0 bridgehead atoms. The number of nitrogens with zero attached hydrogens (tertiary/aromatic N) is 2. The third-order valence-electron chi connectivity index (χ3n) is 5.78. The first kappa shape index (κ1) is 28.4. The van der Waals surface area contributed by atoms with E-state index in [1.165, 1.54) is 26.2 Å². The molecule has 0 saturated carbocycles. The Morgan fingerprint density at radius 1 is 1.18 bits per heavy atom. The maximum absolute atomic E-state index is 13.2. The number of carbonyl (C=O) groups is 3. The fraction of sp³-hybridized carbons (Fsp3) is 0.423. The van der Waals surface area contributed by atoms with Crippen molar-refractivity contribution in [1.29, 1.82) is 0 Å². The molecule has 0 amide bonds. The molecule has 1 saturated heterocycles. The van der Waals surface area contributed by atoms with Crippen molar-refractivity contribution >= 4 is 29.7 Å². The molecule has 2 heterocycles. The van der Waals surface area contributed by atoms with E-state index in [1.807, 2.05) is 6.08 Å². The summed E-state index contributed by atoms with van der Waals surface area (Å²) < 4.78 is 22.2. The minimum atomic E-state index is -1.65. The van der Waals surface area contributed by atoms with Crippen LogP contribution in [0.3, 0.4) is 0 Å². The molecule has 0 atom stereocenters. The van der Waals surface area contributed by atoms with Crippen molar-refractivity contribution in [2.45, 2.75) is 51.9 Å². The number of esters is 3. The lowest BCUT2D eigenvalue weighted by atomic mass is 10.1. The van der Waals surface area contributed by atoms with Gasteiger partial charge in [-0.15, -0.1) is 0 Å². The number of allylic oxidation sites excluding steroid dienone is 6. The van der Waals surface area contributed by atoms with Crippen molar-refractivity contribution in [3.8, 4) is 5.88 Å². The second-order valence-electron chi connectivity index (χ2n) is 8.57. The molecule has 38 heavy (non-hydrogen) atoms. The van der Waals surface area contributed by atoms with Gasteiger partial charge < -0.3 is 24.1 Å². The number of rotatable bonds is 10. The molecule has 1 fully saturated rings. The molecule has 1 N–H and O–H groups in total. The van der Waals surface area contributed by atoms with E-state index in [2.05, 4.69) is 0 Å². The lowest BCUT2D eigenvalue weighted by Gasteiger charge is -2.33. The monoisotopic (exact) mass is 530 g/mol. The second-order valence-corrected chi connectivity index (χ2v) is 8.57. The highest BCUT2D eigenvalue weighted by Crippen LogP contribution is 2.28. The molecule has 1 aliphatic heterocycles. The van der Waals surface area contributed by atoms with Gasteiger partial charge in [0, 0.05) is 26.2 Å². The van der Waals surface area contributed by atoms with Gasteiger partial charge in [-0.25, -0.2) is 19.0 Å². The smallest absolute Gasteiger partial charge is 0.348 e. The quantitative estimate of drug-likeness (QED) is 0.268. The second kappa shape index (κ2) is 12.4. The summed E-state index contributed by atoms with van der Waals surface area (Å²) in [6.07, 6.45) is 9.83. The van der Waals surface area contributed by atoms with Crippen LogP contribution in [0.5, 0.6) is 5.88 Å². The van der Waals surface area contributed by atoms with E-state index in [0.29, 0.717) is 12.1 Å². The summed E-state index contributed by atoms with van der Waals surface area (Å²) in [7, 11) is 1.43. The van der Waals surface area contributed by atoms with Crippen molar-refractivity contribution in [2.24, 2.45) is 0 Å². The Bertz CT molecular complexity index is 1320. The van der Waals surface area contributed by atoms with Gasteiger partial charge in [-0.2, -0.15) is 0 Å². The SMILES string of the molecule is CCOC(=O)CCC1(C)OC(=O)C(=CC=Cc2c(O)n(CCOC)c(=O)n(C3=CCCC=C3)c2=O)C(=O)O1. The highest BCUT2D eigenvalue weighted by Gasteiger charge is 2.42. The minimum absolute atomic E-state index is 0.0244. The molecular formula is C26H30N2O10. The molecule has 0 spiro atoms. The van der Waals surface area contributed by atoms with Crippen LogP contribution in [-0.2, 0) is 39.9 Å². The van der Waals surface area contributed by atoms with Gasteiger partial charge >= 0.3 is 23.6 Å². The van der Waals surface area contributed by atoms with Gasteiger partial charge in [-0.05, 0) is 38.0 Å². The molecule has 3 rings (SSSR count). The lowest BCUT2D eigenvalue weighted by molar-refractivity contribution is -0.231. The maximum atomic E-state index is 13.2.